The number of ether oxygens (including phenoxy) is 1. The molecule has 2 aliphatic rings. The van der Waals surface area contributed by atoms with Gasteiger partial charge in [0.1, 0.15) is 12.1 Å². The van der Waals surface area contributed by atoms with Crippen LogP contribution in [0.1, 0.15) is 51.0 Å². The first-order valence-corrected chi connectivity index (χ1v) is 18.5. The molecule has 12 heteroatoms. The molecule has 4 rings (SSSR count). The number of sulfone groups is 1. The van der Waals surface area contributed by atoms with E-state index >= 15 is 0 Å². The van der Waals surface area contributed by atoms with Crippen LogP contribution in [-0.2, 0) is 30.6 Å². The second-order valence-electron chi connectivity index (χ2n) is 12.8. The zero-order valence-corrected chi connectivity index (χ0v) is 27.7. The lowest BCUT2D eigenvalue weighted by Crippen LogP contribution is -2.58. The summed E-state index contributed by atoms with van der Waals surface area (Å²) in [6.45, 7) is 3.39. The number of benzene rings is 2. The van der Waals surface area contributed by atoms with E-state index in [2.05, 4.69) is 10.6 Å². The molecule has 2 aromatic rings. The smallest absolute Gasteiger partial charge is 0.245 e. The third kappa shape index (κ3) is 10.4. The van der Waals surface area contributed by atoms with Crippen molar-refractivity contribution in [2.75, 3.05) is 51.0 Å². The molecule has 1 saturated heterocycles. The van der Waals surface area contributed by atoms with E-state index in [-0.39, 0.29) is 24.6 Å². The van der Waals surface area contributed by atoms with Crippen molar-refractivity contribution in [2.24, 2.45) is 11.8 Å². The Labute approximate surface area is 272 Å². The largest absolute Gasteiger partial charge is 0.394 e. The molecule has 0 radical (unpaired) electrons. The van der Waals surface area contributed by atoms with Crippen LogP contribution in [0.5, 0.6) is 0 Å². The maximum atomic E-state index is 13.6. The predicted molar refractivity (Wildman–Crippen MR) is 177 cm³/mol. The van der Waals surface area contributed by atoms with Crippen LogP contribution in [-0.4, -0.2) is 116 Å². The van der Waals surface area contributed by atoms with Crippen LogP contribution >= 0.6 is 0 Å². The standard InChI is InChI=1S/C34H51N3O8S/c1-2-46(43,44)23-27(20-26-13-8-12-25-11-6-7-14-28(25)26)33(41)36-30(22-38)34(42)35-29(19-24-9-4-3-5-10-24)32(40)31(39)21-37-15-17-45-18-16-37/h6-8,11-14,24,27,29-32,38-40H,2-5,9-10,15-23H2,1H3,(H,35,42)(H,36,41)/t27-,29+,30+,31+,32-/m1/s1. The first-order valence-electron chi connectivity index (χ1n) is 16.6. The molecular formula is C34H51N3O8S. The van der Waals surface area contributed by atoms with Gasteiger partial charge in [0.15, 0.2) is 9.84 Å². The van der Waals surface area contributed by atoms with Gasteiger partial charge < -0.3 is 30.7 Å². The topological polar surface area (TPSA) is 165 Å². The van der Waals surface area contributed by atoms with Gasteiger partial charge in [-0.1, -0.05) is 81.5 Å². The number of nitrogens with zero attached hydrogens (tertiary/aromatic N) is 1. The Morgan fingerprint density at radius 1 is 0.978 bits per heavy atom. The summed E-state index contributed by atoms with van der Waals surface area (Å²) < 4.78 is 30.8. The van der Waals surface area contributed by atoms with Gasteiger partial charge in [0.2, 0.25) is 11.8 Å². The summed E-state index contributed by atoms with van der Waals surface area (Å²) in [7, 11) is -3.56. The highest BCUT2D eigenvalue weighted by Crippen LogP contribution is 2.29. The summed E-state index contributed by atoms with van der Waals surface area (Å²) in [6, 6.07) is 11.1. The molecule has 2 aromatic carbocycles. The van der Waals surface area contributed by atoms with Crippen LogP contribution in [0.2, 0.25) is 0 Å². The van der Waals surface area contributed by atoms with E-state index in [0.29, 0.717) is 32.7 Å². The van der Waals surface area contributed by atoms with Gasteiger partial charge in [-0.05, 0) is 35.1 Å². The number of rotatable bonds is 16. The number of morpholine rings is 1. The Morgan fingerprint density at radius 2 is 1.67 bits per heavy atom. The molecule has 11 nitrogen and oxygen atoms in total. The molecular weight excluding hydrogens is 610 g/mol. The van der Waals surface area contributed by atoms with Crippen molar-refractivity contribution in [1.29, 1.82) is 0 Å². The van der Waals surface area contributed by atoms with Crippen molar-refractivity contribution in [1.82, 2.24) is 15.5 Å². The summed E-state index contributed by atoms with van der Waals surface area (Å²) in [6.07, 6.45) is 3.37. The van der Waals surface area contributed by atoms with Gasteiger partial charge in [0.05, 0.1) is 43.6 Å². The normalized spacial score (nSPS) is 20.0. The number of fused-ring (bicyclic) bond motifs is 1. The number of aliphatic hydroxyl groups is 3. The summed E-state index contributed by atoms with van der Waals surface area (Å²) in [4.78, 5) is 29.2. The Balaban J connectivity index is 1.48. The molecule has 0 spiro atoms. The van der Waals surface area contributed by atoms with E-state index in [1.54, 1.807) is 0 Å². The number of amides is 2. The van der Waals surface area contributed by atoms with Gasteiger partial charge in [0, 0.05) is 25.4 Å². The van der Waals surface area contributed by atoms with Crippen molar-refractivity contribution in [3.63, 3.8) is 0 Å². The van der Waals surface area contributed by atoms with Crippen LogP contribution in [0.15, 0.2) is 42.5 Å². The highest BCUT2D eigenvalue weighted by atomic mass is 32.2. The fourth-order valence-corrected chi connectivity index (χ4v) is 7.76. The highest BCUT2D eigenvalue weighted by molar-refractivity contribution is 7.91. The zero-order chi connectivity index (χ0) is 33.1. The molecule has 0 unspecified atom stereocenters. The molecule has 0 aromatic heterocycles. The molecule has 256 valence electrons. The van der Waals surface area contributed by atoms with Gasteiger partial charge >= 0.3 is 0 Å². The molecule has 2 fully saturated rings. The second kappa shape index (κ2) is 17.5. The molecule has 2 amide bonds. The Morgan fingerprint density at radius 3 is 2.37 bits per heavy atom. The quantitative estimate of drug-likeness (QED) is 0.179. The van der Waals surface area contributed by atoms with E-state index in [0.717, 1.165) is 48.4 Å². The molecule has 1 saturated carbocycles. The van der Waals surface area contributed by atoms with Crippen molar-refractivity contribution in [3.8, 4) is 0 Å². The minimum Gasteiger partial charge on any atom is -0.394 e. The predicted octanol–water partition coefficient (Wildman–Crippen LogP) is 1.42. The van der Waals surface area contributed by atoms with Crippen molar-refractivity contribution in [3.05, 3.63) is 48.0 Å². The first-order chi connectivity index (χ1) is 22.1. The van der Waals surface area contributed by atoms with Crippen molar-refractivity contribution >= 4 is 32.4 Å². The number of carbonyl (C=O) groups excluding carboxylic acids is 2. The third-order valence-corrected chi connectivity index (χ3v) is 11.2. The van der Waals surface area contributed by atoms with Gasteiger partial charge in [0.25, 0.3) is 0 Å². The van der Waals surface area contributed by atoms with E-state index in [1.165, 1.54) is 6.92 Å². The van der Waals surface area contributed by atoms with E-state index in [1.807, 2.05) is 47.4 Å². The fourth-order valence-electron chi connectivity index (χ4n) is 6.64. The van der Waals surface area contributed by atoms with Gasteiger partial charge in [-0.15, -0.1) is 0 Å². The maximum Gasteiger partial charge on any atom is 0.245 e. The number of β-amino-alcohol motifs (C(OH)–C–C–N with tert-alkyl or cyclic N) is 1. The van der Waals surface area contributed by atoms with E-state index in [9.17, 15) is 33.3 Å². The van der Waals surface area contributed by atoms with Crippen LogP contribution in [0.3, 0.4) is 0 Å². The Kier molecular flexibility index (Phi) is 13.8. The average Bonchev–Trinajstić information content (AvgIpc) is 3.07. The van der Waals surface area contributed by atoms with Crippen LogP contribution in [0.4, 0.5) is 0 Å². The zero-order valence-electron chi connectivity index (χ0n) is 26.9. The van der Waals surface area contributed by atoms with Crippen LogP contribution in [0, 0.1) is 11.8 Å². The van der Waals surface area contributed by atoms with E-state index in [4.69, 9.17) is 4.74 Å². The second-order valence-corrected chi connectivity index (χ2v) is 15.2. The number of nitrogens with one attached hydrogen (secondary N) is 2. The molecule has 5 atom stereocenters. The number of hydrogen-bond donors (Lipinski definition) is 5. The van der Waals surface area contributed by atoms with Gasteiger partial charge in [-0.25, -0.2) is 8.42 Å². The summed E-state index contributed by atoms with van der Waals surface area (Å²) in [5.41, 5.74) is 0.805. The number of carbonyl (C=O) groups is 2. The Bertz CT molecular complexity index is 1370. The number of aliphatic hydroxyl groups excluding tert-OH is 3. The lowest BCUT2D eigenvalue weighted by Gasteiger charge is -2.35. The SMILES string of the molecule is CCS(=O)(=O)C[C@@H](Cc1cccc2ccccc12)C(=O)N[C@@H](CO)C(=O)N[C@@H](CC1CCCCC1)[C@@H](O)[C@@H](O)CN1CCOCC1. The Hall–Kier alpha value is -2.61. The molecule has 1 heterocycles. The molecule has 46 heavy (non-hydrogen) atoms. The lowest BCUT2D eigenvalue weighted by atomic mass is 9.83. The lowest BCUT2D eigenvalue weighted by molar-refractivity contribution is -0.133. The summed E-state index contributed by atoms with van der Waals surface area (Å²) in [5, 5.41) is 39.8. The van der Waals surface area contributed by atoms with Crippen molar-refractivity contribution in [2.45, 2.75) is 76.2 Å². The fraction of sp³-hybridized carbons (Fsp3) is 0.647. The van der Waals surface area contributed by atoms with Crippen LogP contribution < -0.4 is 10.6 Å². The van der Waals surface area contributed by atoms with Gasteiger partial charge in [-0.3, -0.25) is 14.5 Å². The highest BCUT2D eigenvalue weighted by Gasteiger charge is 2.35. The summed E-state index contributed by atoms with van der Waals surface area (Å²) >= 11 is 0. The van der Waals surface area contributed by atoms with Crippen LogP contribution in [0.25, 0.3) is 10.8 Å². The molecule has 0 bridgehead atoms. The molecule has 1 aliphatic heterocycles. The van der Waals surface area contributed by atoms with Gasteiger partial charge in [-0.2, -0.15) is 0 Å². The van der Waals surface area contributed by atoms with E-state index < -0.39 is 64.2 Å². The first kappa shape index (κ1) is 36.2. The monoisotopic (exact) mass is 661 g/mol. The molecule has 5 N–H and O–H groups in total. The minimum absolute atomic E-state index is 0.128. The molecule has 1 aliphatic carbocycles. The van der Waals surface area contributed by atoms with Crippen molar-refractivity contribution < 1.29 is 38.1 Å². The maximum absolute atomic E-state index is 13.6. The summed E-state index contributed by atoms with van der Waals surface area (Å²) in [5.74, 6) is -2.64. The number of hydrogen-bond acceptors (Lipinski definition) is 9. The average molecular weight is 662 g/mol. The third-order valence-electron chi connectivity index (χ3n) is 9.42. The minimum atomic E-state index is -3.56.